The number of hydrogen-bond acceptors (Lipinski definition) is 4. The Hall–Kier alpha value is -1.72. The summed E-state index contributed by atoms with van der Waals surface area (Å²) in [7, 11) is 0. The van der Waals surface area contributed by atoms with Crippen LogP contribution >= 0.6 is 0 Å². The van der Waals surface area contributed by atoms with Crippen molar-refractivity contribution in [2.24, 2.45) is 4.99 Å². The molecule has 1 amide bonds. The van der Waals surface area contributed by atoms with Gasteiger partial charge in [0.2, 0.25) is 5.91 Å². The lowest BCUT2D eigenvalue weighted by Crippen LogP contribution is -2.49. The maximum absolute atomic E-state index is 11.5. The Morgan fingerprint density at radius 1 is 1.06 bits per heavy atom. The molecule has 0 radical (unpaired) electrons. The molecule has 5 heteroatoms. The normalized spacial score (nSPS) is 32.2. The van der Waals surface area contributed by atoms with E-state index >= 15 is 0 Å². The quantitative estimate of drug-likeness (QED) is 0.605. The molecule has 1 aromatic carbocycles. The van der Waals surface area contributed by atoms with Gasteiger partial charge in [0.15, 0.2) is 0 Å². The van der Waals surface area contributed by atoms with Gasteiger partial charge in [0, 0.05) is 0 Å². The summed E-state index contributed by atoms with van der Waals surface area (Å²) in [4.78, 5) is 15.9. The molecule has 0 aromatic heterocycles. The van der Waals surface area contributed by atoms with Crippen LogP contribution < -0.4 is 16.2 Å². The summed E-state index contributed by atoms with van der Waals surface area (Å²) in [5.74, 6) is -0.0362. The average Bonchev–Trinajstić information content (AvgIpc) is 2.75. The maximum atomic E-state index is 11.5. The molecular weight excluding hydrogens is 204 g/mol. The van der Waals surface area contributed by atoms with Crippen molar-refractivity contribution in [2.45, 2.75) is 18.1 Å². The second-order valence-electron chi connectivity index (χ2n) is 3.93. The summed E-state index contributed by atoms with van der Waals surface area (Å²) in [6.45, 7) is 0. The fourth-order valence-electron chi connectivity index (χ4n) is 2.15. The first-order valence-electron chi connectivity index (χ1n) is 5.24. The van der Waals surface area contributed by atoms with Crippen LogP contribution in [0.1, 0.15) is 11.6 Å². The highest BCUT2D eigenvalue weighted by atomic mass is 16.2. The van der Waals surface area contributed by atoms with Gasteiger partial charge in [-0.05, 0) is 5.56 Å². The number of carbonyl (C=O) groups excluding carboxylic acids is 1. The fourth-order valence-corrected chi connectivity index (χ4v) is 2.15. The Kier molecular flexibility index (Phi) is 2.19. The number of fused-ring (bicyclic) bond motifs is 1. The van der Waals surface area contributed by atoms with Crippen molar-refractivity contribution in [1.82, 2.24) is 16.2 Å². The molecule has 1 aromatic rings. The molecule has 1 saturated heterocycles. The Morgan fingerprint density at radius 3 is 2.62 bits per heavy atom. The Balaban J connectivity index is 1.92. The molecule has 2 aliphatic heterocycles. The van der Waals surface area contributed by atoms with E-state index in [0.717, 1.165) is 5.56 Å². The molecule has 5 nitrogen and oxygen atoms in total. The molecule has 3 rings (SSSR count). The lowest BCUT2D eigenvalue weighted by Gasteiger charge is -2.21. The molecule has 2 heterocycles. The van der Waals surface area contributed by atoms with Gasteiger partial charge in [0.05, 0.1) is 18.4 Å². The lowest BCUT2D eigenvalue weighted by molar-refractivity contribution is -0.122. The summed E-state index contributed by atoms with van der Waals surface area (Å²) in [6, 6.07) is 9.70. The zero-order chi connectivity index (χ0) is 11.0. The van der Waals surface area contributed by atoms with Crippen LogP contribution in [-0.2, 0) is 4.79 Å². The van der Waals surface area contributed by atoms with Crippen LogP contribution in [0.2, 0.25) is 0 Å². The number of benzene rings is 1. The van der Waals surface area contributed by atoms with Crippen molar-refractivity contribution in [3.05, 3.63) is 35.9 Å². The van der Waals surface area contributed by atoms with Crippen LogP contribution in [0.4, 0.5) is 0 Å². The van der Waals surface area contributed by atoms with E-state index in [2.05, 4.69) is 21.2 Å². The van der Waals surface area contributed by atoms with Gasteiger partial charge in [0.25, 0.3) is 0 Å². The van der Waals surface area contributed by atoms with Crippen LogP contribution in [0.5, 0.6) is 0 Å². The van der Waals surface area contributed by atoms with Gasteiger partial charge in [-0.25, -0.2) is 10.9 Å². The largest absolute Gasteiger partial charge is 0.316 e. The van der Waals surface area contributed by atoms with Gasteiger partial charge in [-0.15, -0.1) is 0 Å². The average molecular weight is 216 g/mol. The fraction of sp³-hybridized carbons (Fsp3) is 0.273. The molecular formula is C11H12N4O. The van der Waals surface area contributed by atoms with Crippen molar-refractivity contribution in [3.63, 3.8) is 0 Å². The second-order valence-corrected chi connectivity index (χ2v) is 3.93. The highest BCUT2D eigenvalue weighted by Gasteiger charge is 2.41. The predicted octanol–water partition coefficient (Wildman–Crippen LogP) is -0.269. The number of rotatable bonds is 1. The van der Waals surface area contributed by atoms with Crippen molar-refractivity contribution >= 4 is 12.2 Å². The number of nitrogens with zero attached hydrogens (tertiary/aromatic N) is 1. The highest BCUT2D eigenvalue weighted by molar-refractivity contribution is 5.94. The van der Waals surface area contributed by atoms with Crippen molar-refractivity contribution in [2.75, 3.05) is 0 Å². The molecule has 3 unspecified atom stereocenters. The van der Waals surface area contributed by atoms with Crippen LogP contribution in [0.3, 0.4) is 0 Å². The van der Waals surface area contributed by atoms with E-state index < -0.39 is 0 Å². The zero-order valence-corrected chi connectivity index (χ0v) is 8.55. The molecule has 82 valence electrons. The molecule has 0 saturated carbocycles. The minimum Gasteiger partial charge on any atom is -0.316 e. The number of aliphatic imine (C=N–C) groups is 1. The third kappa shape index (κ3) is 1.41. The predicted molar refractivity (Wildman–Crippen MR) is 59.7 cm³/mol. The van der Waals surface area contributed by atoms with E-state index in [-0.39, 0.29) is 24.0 Å². The smallest absolute Gasteiger partial charge is 0.245 e. The number of carbonyl (C=O) groups is 1. The van der Waals surface area contributed by atoms with Crippen LogP contribution in [0.25, 0.3) is 0 Å². The van der Waals surface area contributed by atoms with Gasteiger partial charge in [-0.3, -0.25) is 9.79 Å². The topological polar surface area (TPSA) is 65.5 Å². The van der Waals surface area contributed by atoms with Crippen molar-refractivity contribution in [1.29, 1.82) is 0 Å². The highest BCUT2D eigenvalue weighted by Crippen LogP contribution is 2.26. The van der Waals surface area contributed by atoms with E-state index in [1.165, 1.54) is 6.34 Å². The third-order valence-corrected chi connectivity index (χ3v) is 2.97. The van der Waals surface area contributed by atoms with Crippen LogP contribution in [0.15, 0.2) is 35.3 Å². The van der Waals surface area contributed by atoms with Crippen LogP contribution in [-0.4, -0.2) is 24.3 Å². The Morgan fingerprint density at radius 2 is 1.81 bits per heavy atom. The minimum absolute atomic E-state index is 0.0362. The molecule has 16 heavy (non-hydrogen) atoms. The summed E-state index contributed by atoms with van der Waals surface area (Å²) < 4.78 is 0. The monoisotopic (exact) mass is 216 g/mol. The summed E-state index contributed by atoms with van der Waals surface area (Å²) in [5.41, 5.74) is 7.24. The van der Waals surface area contributed by atoms with E-state index in [1.54, 1.807) is 0 Å². The summed E-state index contributed by atoms with van der Waals surface area (Å²) in [5, 5.41) is 2.59. The first-order chi connectivity index (χ1) is 7.86. The van der Waals surface area contributed by atoms with E-state index in [1.807, 2.05) is 30.3 Å². The van der Waals surface area contributed by atoms with Gasteiger partial charge in [-0.2, -0.15) is 0 Å². The number of nitrogens with one attached hydrogen (secondary N) is 3. The second kappa shape index (κ2) is 3.70. The molecule has 0 bridgehead atoms. The SMILES string of the molecule is O=C1NC=NC2C1NNC2c1ccccc1. The van der Waals surface area contributed by atoms with Gasteiger partial charge < -0.3 is 5.32 Å². The Bertz CT molecular complexity index is 431. The Labute approximate surface area is 92.9 Å². The van der Waals surface area contributed by atoms with Crippen LogP contribution in [0, 0.1) is 0 Å². The standard InChI is InChI=1S/C11H12N4O/c16-11-10-9(12-6-13-11)8(14-15-10)7-4-2-1-3-5-7/h1-6,8-10,14-15H,(H,12,13,16). The zero-order valence-electron chi connectivity index (χ0n) is 8.55. The third-order valence-electron chi connectivity index (χ3n) is 2.97. The van der Waals surface area contributed by atoms with E-state index in [9.17, 15) is 4.79 Å². The number of amides is 1. The van der Waals surface area contributed by atoms with E-state index in [4.69, 9.17) is 0 Å². The van der Waals surface area contributed by atoms with Gasteiger partial charge in [-0.1, -0.05) is 30.3 Å². The number of hydrogen-bond donors (Lipinski definition) is 3. The number of hydrazine groups is 1. The van der Waals surface area contributed by atoms with Gasteiger partial charge in [0.1, 0.15) is 6.04 Å². The van der Waals surface area contributed by atoms with Gasteiger partial charge >= 0.3 is 0 Å². The maximum Gasteiger partial charge on any atom is 0.245 e. The van der Waals surface area contributed by atoms with Crippen molar-refractivity contribution < 1.29 is 4.79 Å². The molecule has 3 atom stereocenters. The lowest BCUT2D eigenvalue weighted by atomic mass is 9.96. The molecule has 0 aliphatic carbocycles. The van der Waals surface area contributed by atoms with E-state index in [0.29, 0.717) is 0 Å². The molecule has 3 N–H and O–H groups in total. The summed E-state index contributed by atoms with van der Waals surface area (Å²) >= 11 is 0. The molecule has 2 aliphatic rings. The molecule has 1 fully saturated rings. The minimum atomic E-state index is -0.282. The first kappa shape index (κ1) is 9.50. The summed E-state index contributed by atoms with van der Waals surface area (Å²) in [6.07, 6.45) is 1.48. The van der Waals surface area contributed by atoms with Crippen molar-refractivity contribution in [3.8, 4) is 0 Å². The first-order valence-corrected chi connectivity index (χ1v) is 5.24. The molecule has 0 spiro atoms.